The van der Waals surface area contributed by atoms with Crippen LogP contribution in [0.25, 0.3) is 0 Å². The van der Waals surface area contributed by atoms with Crippen LogP contribution < -0.4 is 5.90 Å². The minimum atomic E-state index is -1.11. The Bertz CT molecular complexity index is 437. The zero-order valence-electron chi connectivity index (χ0n) is 10.4. The molecule has 0 bridgehead atoms. The first-order valence-electron chi connectivity index (χ1n) is 5.85. The van der Waals surface area contributed by atoms with E-state index in [1.54, 1.807) is 6.92 Å². The Balaban J connectivity index is 2.14. The van der Waals surface area contributed by atoms with Crippen molar-refractivity contribution >= 4 is 23.6 Å². The van der Waals surface area contributed by atoms with Crippen molar-refractivity contribution in [2.24, 2.45) is 11.8 Å². The van der Waals surface area contributed by atoms with Gasteiger partial charge in [-0.2, -0.15) is 0 Å². The predicted molar refractivity (Wildman–Crippen MR) is 67.7 cm³/mol. The topological polar surface area (TPSA) is 113 Å². The molecule has 1 fully saturated rings. The van der Waals surface area contributed by atoms with E-state index in [2.05, 4.69) is 4.84 Å². The number of thioether (sulfide) groups is 1. The molecule has 2 heterocycles. The number of fused-ring (bicyclic) bond motifs is 1. The summed E-state index contributed by atoms with van der Waals surface area (Å²) in [5, 5.41) is 18.8. The summed E-state index contributed by atoms with van der Waals surface area (Å²) in [6, 6.07) is -0.229. The van der Waals surface area contributed by atoms with Crippen molar-refractivity contribution in [2.45, 2.75) is 25.5 Å². The molecule has 3 atom stereocenters. The number of aliphatic hydroxyl groups excluding tert-OH is 1. The molecule has 0 saturated carbocycles. The third-order valence-electron chi connectivity index (χ3n) is 3.45. The van der Waals surface area contributed by atoms with E-state index in [1.165, 1.54) is 16.7 Å². The van der Waals surface area contributed by atoms with E-state index in [0.29, 0.717) is 17.7 Å². The lowest BCUT2D eigenvalue weighted by Gasteiger charge is -2.44. The summed E-state index contributed by atoms with van der Waals surface area (Å²) >= 11 is 1.35. The molecular weight excluding hydrogens is 272 g/mol. The van der Waals surface area contributed by atoms with Crippen molar-refractivity contribution in [3.63, 3.8) is 0 Å². The fraction of sp³-hybridized carbons (Fsp3) is 0.636. The van der Waals surface area contributed by atoms with Gasteiger partial charge in [-0.3, -0.25) is 9.63 Å². The normalized spacial score (nSPS) is 27.3. The number of aliphatic hydroxyl groups is 1. The van der Waals surface area contributed by atoms with Crippen molar-refractivity contribution in [1.29, 1.82) is 0 Å². The van der Waals surface area contributed by atoms with E-state index >= 15 is 0 Å². The van der Waals surface area contributed by atoms with Crippen LogP contribution >= 0.6 is 11.8 Å². The minimum absolute atomic E-state index is 0.0522. The van der Waals surface area contributed by atoms with Gasteiger partial charge in [-0.15, -0.1) is 11.8 Å². The van der Waals surface area contributed by atoms with Gasteiger partial charge in [0.15, 0.2) is 0 Å². The Kier molecular flexibility index (Phi) is 4.14. The van der Waals surface area contributed by atoms with Crippen LogP contribution in [0.4, 0.5) is 0 Å². The molecule has 8 heteroatoms. The Morgan fingerprint density at radius 2 is 2.37 bits per heavy atom. The maximum Gasteiger partial charge on any atom is 0.352 e. The van der Waals surface area contributed by atoms with E-state index in [9.17, 15) is 19.8 Å². The van der Waals surface area contributed by atoms with Gasteiger partial charge in [0.25, 0.3) is 0 Å². The van der Waals surface area contributed by atoms with Crippen molar-refractivity contribution in [1.82, 2.24) is 4.90 Å². The molecule has 1 saturated heterocycles. The first-order chi connectivity index (χ1) is 8.99. The van der Waals surface area contributed by atoms with E-state index in [1.807, 2.05) is 0 Å². The summed E-state index contributed by atoms with van der Waals surface area (Å²) in [5.41, 5.74) is 0.743. The van der Waals surface area contributed by atoms with Crippen molar-refractivity contribution in [3.8, 4) is 0 Å². The maximum absolute atomic E-state index is 11.9. The highest BCUT2D eigenvalue weighted by molar-refractivity contribution is 7.99. The molecule has 0 aliphatic carbocycles. The van der Waals surface area contributed by atoms with Crippen LogP contribution in [-0.4, -0.2) is 50.8 Å². The number of amides is 1. The van der Waals surface area contributed by atoms with Crippen LogP contribution in [0.15, 0.2) is 11.3 Å². The van der Waals surface area contributed by atoms with Crippen LogP contribution in [0.3, 0.4) is 0 Å². The van der Waals surface area contributed by atoms with E-state index in [4.69, 9.17) is 5.90 Å². The molecule has 0 spiro atoms. The monoisotopic (exact) mass is 288 g/mol. The molecule has 106 valence electrons. The van der Waals surface area contributed by atoms with Gasteiger partial charge < -0.3 is 15.1 Å². The highest BCUT2D eigenvalue weighted by Crippen LogP contribution is 2.44. The smallest absolute Gasteiger partial charge is 0.352 e. The zero-order chi connectivity index (χ0) is 14.2. The first-order valence-corrected chi connectivity index (χ1v) is 7.00. The Hall–Kier alpha value is -1.09. The molecule has 2 aliphatic rings. The van der Waals surface area contributed by atoms with Crippen LogP contribution in [0.1, 0.15) is 13.3 Å². The van der Waals surface area contributed by atoms with Gasteiger partial charge in [0.2, 0.25) is 5.91 Å². The lowest BCUT2D eigenvalue weighted by Crippen LogP contribution is -2.61. The SMILES string of the molecule is CC(O)C1C(=O)N2C(C(=O)O)=C(CSCON)CC12. The highest BCUT2D eigenvalue weighted by atomic mass is 32.2. The molecule has 0 radical (unpaired) electrons. The quantitative estimate of drug-likeness (QED) is 0.262. The van der Waals surface area contributed by atoms with Gasteiger partial charge in [0.05, 0.1) is 18.1 Å². The lowest BCUT2D eigenvalue weighted by atomic mass is 9.83. The van der Waals surface area contributed by atoms with E-state index in [0.717, 1.165) is 0 Å². The number of carbonyl (C=O) groups excluding carboxylic acids is 1. The van der Waals surface area contributed by atoms with Crippen molar-refractivity contribution < 1.29 is 24.6 Å². The van der Waals surface area contributed by atoms with Gasteiger partial charge in [0.1, 0.15) is 11.6 Å². The van der Waals surface area contributed by atoms with Crippen LogP contribution in [0.5, 0.6) is 0 Å². The van der Waals surface area contributed by atoms with Gasteiger partial charge in [-0.05, 0) is 18.9 Å². The largest absolute Gasteiger partial charge is 0.477 e. The molecule has 3 unspecified atom stereocenters. The molecular formula is C11H16N2O5S. The summed E-state index contributed by atoms with van der Waals surface area (Å²) < 4.78 is 0. The fourth-order valence-corrected chi connectivity index (χ4v) is 3.38. The average Bonchev–Trinajstić information content (AvgIpc) is 2.64. The summed E-state index contributed by atoms with van der Waals surface area (Å²) in [4.78, 5) is 28.9. The molecule has 0 aromatic heterocycles. The Labute approximate surface area is 114 Å². The molecule has 2 rings (SSSR count). The summed E-state index contributed by atoms with van der Waals surface area (Å²) in [5.74, 6) is 3.70. The molecule has 4 N–H and O–H groups in total. The number of nitrogens with zero attached hydrogens (tertiary/aromatic N) is 1. The summed E-state index contributed by atoms with van der Waals surface area (Å²) in [6.45, 7) is 1.55. The summed E-state index contributed by atoms with van der Waals surface area (Å²) in [6.07, 6.45) is -0.274. The number of nitrogens with two attached hydrogens (primary N) is 1. The molecule has 1 amide bonds. The Morgan fingerprint density at radius 1 is 1.68 bits per heavy atom. The van der Waals surface area contributed by atoms with E-state index in [-0.39, 0.29) is 23.6 Å². The second-order valence-electron chi connectivity index (χ2n) is 4.64. The van der Waals surface area contributed by atoms with Crippen molar-refractivity contribution in [2.75, 3.05) is 11.7 Å². The molecule has 0 aromatic rings. The first kappa shape index (κ1) is 14.3. The lowest BCUT2D eigenvalue weighted by molar-refractivity contribution is -0.161. The molecule has 0 aromatic carbocycles. The predicted octanol–water partition coefficient (Wildman–Crippen LogP) is -0.482. The van der Waals surface area contributed by atoms with Crippen LogP contribution in [0.2, 0.25) is 0 Å². The van der Waals surface area contributed by atoms with Crippen LogP contribution in [0, 0.1) is 5.92 Å². The number of carboxylic acid groups (broad SMARTS) is 1. The molecule has 7 nitrogen and oxygen atoms in total. The number of hydrogen-bond acceptors (Lipinski definition) is 6. The highest BCUT2D eigenvalue weighted by Gasteiger charge is 2.56. The summed E-state index contributed by atoms with van der Waals surface area (Å²) in [7, 11) is 0. The second-order valence-corrected chi connectivity index (χ2v) is 5.57. The van der Waals surface area contributed by atoms with Gasteiger partial charge in [-0.25, -0.2) is 10.7 Å². The third kappa shape index (κ3) is 2.36. The molecule has 19 heavy (non-hydrogen) atoms. The van der Waals surface area contributed by atoms with Crippen LogP contribution in [-0.2, 0) is 14.4 Å². The average molecular weight is 288 g/mol. The number of β-lactam (4-membered cyclic amide) rings is 1. The van der Waals surface area contributed by atoms with E-state index < -0.39 is 18.0 Å². The number of rotatable bonds is 6. The standard InChI is InChI=1S/C11H16N2O5S/c1-5(14)8-7-2-6(3-19-4-18-12)9(11(16)17)13(7)10(8)15/h5,7-8,14H,2-4,12H2,1H3,(H,16,17). The minimum Gasteiger partial charge on any atom is -0.477 e. The number of carbonyl (C=O) groups is 2. The second kappa shape index (κ2) is 5.49. The Morgan fingerprint density at radius 3 is 2.89 bits per heavy atom. The number of carboxylic acids is 1. The number of aliphatic carboxylic acids is 1. The fourth-order valence-electron chi connectivity index (χ4n) is 2.70. The van der Waals surface area contributed by atoms with Gasteiger partial charge >= 0.3 is 5.97 Å². The maximum atomic E-state index is 11.9. The number of hydrogen-bond donors (Lipinski definition) is 3. The third-order valence-corrected chi connectivity index (χ3v) is 4.31. The zero-order valence-corrected chi connectivity index (χ0v) is 11.2. The van der Waals surface area contributed by atoms with Gasteiger partial charge in [0, 0.05) is 5.75 Å². The van der Waals surface area contributed by atoms with Gasteiger partial charge in [-0.1, -0.05) is 0 Å². The molecule has 2 aliphatic heterocycles. The van der Waals surface area contributed by atoms with Crippen molar-refractivity contribution in [3.05, 3.63) is 11.3 Å².